The molecule has 0 fully saturated rings. The molecular weight excluding hydrogens is 286 g/mol. The fraction of sp³-hybridized carbons (Fsp3) is 0.583. The predicted octanol–water partition coefficient (Wildman–Crippen LogP) is 4.05. The summed E-state index contributed by atoms with van der Waals surface area (Å²) in [6, 6.07) is 2.07. The highest BCUT2D eigenvalue weighted by molar-refractivity contribution is 9.10. The molecule has 1 heterocycles. The highest BCUT2D eigenvalue weighted by Gasteiger charge is 2.09. The van der Waals surface area contributed by atoms with Crippen molar-refractivity contribution in [3.63, 3.8) is 0 Å². The lowest BCUT2D eigenvalue weighted by molar-refractivity contribution is -0.130. The molecule has 0 unspecified atom stereocenters. The van der Waals surface area contributed by atoms with Gasteiger partial charge in [0.25, 0.3) is 0 Å². The third-order valence-electron chi connectivity index (χ3n) is 2.43. The van der Waals surface area contributed by atoms with Crippen LogP contribution in [0.4, 0.5) is 0 Å². The molecule has 0 N–H and O–H groups in total. The molecule has 2 nitrogen and oxygen atoms in total. The van der Waals surface area contributed by atoms with E-state index in [-0.39, 0.29) is 5.91 Å². The van der Waals surface area contributed by atoms with E-state index in [1.807, 2.05) is 17.3 Å². The molecule has 0 radical (unpaired) electrons. The van der Waals surface area contributed by atoms with E-state index in [1.165, 1.54) is 4.88 Å². The summed E-state index contributed by atoms with van der Waals surface area (Å²) in [7, 11) is 1.88. The zero-order valence-corrected chi connectivity index (χ0v) is 12.2. The lowest BCUT2D eigenvalue weighted by Crippen LogP contribution is -2.25. The number of rotatable bonds is 6. The van der Waals surface area contributed by atoms with Gasteiger partial charge in [-0.05, 0) is 28.4 Å². The van der Waals surface area contributed by atoms with Crippen LogP contribution in [0.3, 0.4) is 0 Å². The second-order valence-electron chi connectivity index (χ2n) is 3.94. The fourth-order valence-electron chi connectivity index (χ4n) is 1.48. The molecule has 0 spiro atoms. The van der Waals surface area contributed by atoms with Gasteiger partial charge >= 0.3 is 0 Å². The van der Waals surface area contributed by atoms with E-state index < -0.39 is 0 Å². The van der Waals surface area contributed by atoms with E-state index in [4.69, 9.17) is 0 Å². The molecule has 1 aromatic heterocycles. The number of hydrogen-bond donors (Lipinski definition) is 0. The lowest BCUT2D eigenvalue weighted by atomic mass is 10.2. The molecule has 0 aliphatic rings. The molecule has 0 bridgehead atoms. The number of amides is 1. The molecule has 0 saturated heterocycles. The summed E-state index contributed by atoms with van der Waals surface area (Å²) in [6.07, 6.45) is 3.99. The Morgan fingerprint density at radius 2 is 2.25 bits per heavy atom. The van der Waals surface area contributed by atoms with Gasteiger partial charge in [-0.15, -0.1) is 11.3 Å². The average molecular weight is 304 g/mol. The van der Waals surface area contributed by atoms with E-state index in [0.717, 1.165) is 30.3 Å². The number of carbonyl (C=O) groups is 1. The van der Waals surface area contributed by atoms with Gasteiger partial charge in [0.2, 0.25) is 5.91 Å². The van der Waals surface area contributed by atoms with Gasteiger partial charge in [-0.2, -0.15) is 0 Å². The molecule has 0 aliphatic carbocycles. The van der Waals surface area contributed by atoms with Crippen LogP contribution in [-0.2, 0) is 11.3 Å². The van der Waals surface area contributed by atoms with Crippen molar-refractivity contribution in [2.24, 2.45) is 0 Å². The molecular formula is C12H18BrNOS. The van der Waals surface area contributed by atoms with Crippen molar-refractivity contribution in [1.82, 2.24) is 4.90 Å². The fourth-order valence-corrected chi connectivity index (χ4v) is 2.98. The Balaban J connectivity index is 2.34. The molecule has 90 valence electrons. The van der Waals surface area contributed by atoms with Crippen molar-refractivity contribution < 1.29 is 4.79 Å². The number of halogens is 1. The molecule has 0 aliphatic heterocycles. The van der Waals surface area contributed by atoms with E-state index in [2.05, 4.69) is 28.9 Å². The van der Waals surface area contributed by atoms with Crippen LogP contribution in [0.25, 0.3) is 0 Å². The smallest absolute Gasteiger partial charge is 0.222 e. The quantitative estimate of drug-likeness (QED) is 0.726. The van der Waals surface area contributed by atoms with Crippen LogP contribution in [0.15, 0.2) is 15.9 Å². The summed E-state index contributed by atoms with van der Waals surface area (Å²) in [5, 5.41) is 2.05. The maximum Gasteiger partial charge on any atom is 0.222 e. The minimum Gasteiger partial charge on any atom is -0.341 e. The first-order chi connectivity index (χ1) is 7.63. The minimum absolute atomic E-state index is 0.248. The van der Waals surface area contributed by atoms with Crippen molar-refractivity contribution >= 4 is 33.2 Å². The molecule has 4 heteroatoms. The Morgan fingerprint density at radius 3 is 2.81 bits per heavy atom. The summed E-state index contributed by atoms with van der Waals surface area (Å²) >= 11 is 5.10. The number of nitrogens with zero attached hydrogens (tertiary/aromatic N) is 1. The zero-order chi connectivity index (χ0) is 12.0. The molecule has 0 aromatic carbocycles. The maximum absolute atomic E-state index is 11.7. The van der Waals surface area contributed by atoms with Gasteiger partial charge in [0.1, 0.15) is 0 Å². The Morgan fingerprint density at radius 1 is 1.50 bits per heavy atom. The first kappa shape index (κ1) is 13.7. The first-order valence-corrected chi connectivity index (χ1v) is 7.27. The molecule has 0 saturated carbocycles. The van der Waals surface area contributed by atoms with E-state index in [0.29, 0.717) is 6.42 Å². The Labute approximate surface area is 110 Å². The van der Waals surface area contributed by atoms with Crippen LogP contribution in [0.2, 0.25) is 0 Å². The number of unbranched alkanes of at least 4 members (excludes halogenated alkanes) is 2. The van der Waals surface area contributed by atoms with Gasteiger partial charge in [-0.1, -0.05) is 19.8 Å². The van der Waals surface area contributed by atoms with Crippen LogP contribution in [0, 0.1) is 0 Å². The van der Waals surface area contributed by atoms with Gasteiger partial charge in [-0.25, -0.2) is 0 Å². The Hall–Kier alpha value is -0.350. The van der Waals surface area contributed by atoms with Crippen molar-refractivity contribution in [3.8, 4) is 0 Å². The van der Waals surface area contributed by atoms with Crippen LogP contribution in [0.1, 0.15) is 37.5 Å². The largest absolute Gasteiger partial charge is 0.341 e. The van der Waals surface area contributed by atoms with Gasteiger partial charge < -0.3 is 4.90 Å². The van der Waals surface area contributed by atoms with Crippen LogP contribution < -0.4 is 0 Å². The van der Waals surface area contributed by atoms with Gasteiger partial charge in [0, 0.05) is 28.2 Å². The first-order valence-electron chi connectivity index (χ1n) is 5.60. The third kappa shape index (κ3) is 4.66. The van der Waals surface area contributed by atoms with Crippen LogP contribution in [0.5, 0.6) is 0 Å². The summed E-state index contributed by atoms with van der Waals surface area (Å²) in [6.45, 7) is 2.87. The number of carbonyl (C=O) groups excluding carboxylic acids is 1. The highest BCUT2D eigenvalue weighted by Crippen LogP contribution is 2.21. The van der Waals surface area contributed by atoms with Crippen molar-refractivity contribution in [1.29, 1.82) is 0 Å². The van der Waals surface area contributed by atoms with Gasteiger partial charge in [-0.3, -0.25) is 4.79 Å². The topological polar surface area (TPSA) is 20.3 Å². The Kier molecular flexibility index (Phi) is 6.06. The van der Waals surface area contributed by atoms with Crippen LogP contribution in [-0.4, -0.2) is 17.9 Å². The molecule has 16 heavy (non-hydrogen) atoms. The second-order valence-corrected chi connectivity index (χ2v) is 5.85. The van der Waals surface area contributed by atoms with Gasteiger partial charge in [0.05, 0.1) is 6.54 Å². The predicted molar refractivity (Wildman–Crippen MR) is 72.6 cm³/mol. The SMILES string of the molecule is CCCCCC(=O)N(C)Cc1cc(Br)cs1. The monoisotopic (exact) mass is 303 g/mol. The van der Waals surface area contributed by atoms with Crippen molar-refractivity contribution in [3.05, 3.63) is 20.8 Å². The molecule has 1 amide bonds. The van der Waals surface area contributed by atoms with E-state index in [1.54, 1.807) is 11.3 Å². The maximum atomic E-state index is 11.7. The summed E-state index contributed by atoms with van der Waals surface area (Å²) in [5.41, 5.74) is 0. The third-order valence-corrected chi connectivity index (χ3v) is 4.12. The second kappa shape index (κ2) is 7.07. The molecule has 0 atom stereocenters. The van der Waals surface area contributed by atoms with E-state index in [9.17, 15) is 4.79 Å². The summed E-state index contributed by atoms with van der Waals surface area (Å²) < 4.78 is 1.10. The summed E-state index contributed by atoms with van der Waals surface area (Å²) in [4.78, 5) is 14.8. The van der Waals surface area contributed by atoms with Crippen molar-refractivity contribution in [2.75, 3.05) is 7.05 Å². The minimum atomic E-state index is 0.248. The number of thiophene rings is 1. The zero-order valence-electron chi connectivity index (χ0n) is 9.83. The standard InChI is InChI=1S/C12H18BrNOS/c1-3-4-5-6-12(15)14(2)8-11-7-10(13)9-16-11/h7,9H,3-6,8H2,1-2H3. The summed E-state index contributed by atoms with van der Waals surface area (Å²) in [5.74, 6) is 0.248. The number of hydrogen-bond acceptors (Lipinski definition) is 2. The normalized spacial score (nSPS) is 10.4. The highest BCUT2D eigenvalue weighted by atomic mass is 79.9. The lowest BCUT2D eigenvalue weighted by Gasteiger charge is -2.15. The average Bonchev–Trinajstić information content (AvgIpc) is 2.64. The van der Waals surface area contributed by atoms with E-state index >= 15 is 0 Å². The van der Waals surface area contributed by atoms with Crippen LogP contribution >= 0.6 is 27.3 Å². The molecule has 1 rings (SSSR count). The van der Waals surface area contributed by atoms with Gasteiger partial charge in [0.15, 0.2) is 0 Å². The Bertz CT molecular complexity index is 338. The molecule has 1 aromatic rings. The van der Waals surface area contributed by atoms with Crippen molar-refractivity contribution in [2.45, 2.75) is 39.2 Å².